The minimum atomic E-state index is -2.08. The molecule has 2 saturated heterocycles. The van der Waals surface area contributed by atoms with Gasteiger partial charge < -0.3 is 83.9 Å². The molecule has 296 valence electrons. The highest BCUT2D eigenvalue weighted by Gasteiger charge is 2.52. The normalized spacial score (nSPS) is 29.6. The molecule has 20 nitrogen and oxygen atoms in total. The van der Waals surface area contributed by atoms with Gasteiger partial charge in [0.05, 0.1) is 31.7 Å². The van der Waals surface area contributed by atoms with Crippen LogP contribution in [0.1, 0.15) is 26.7 Å². The van der Waals surface area contributed by atoms with E-state index in [-0.39, 0.29) is 22.6 Å². The number of hydrogen-bond donors (Lipinski definition) is 10. The van der Waals surface area contributed by atoms with E-state index in [1.807, 2.05) is 0 Å². The van der Waals surface area contributed by atoms with Crippen molar-refractivity contribution in [2.75, 3.05) is 13.7 Å². The van der Waals surface area contributed by atoms with Crippen LogP contribution in [-0.4, -0.2) is 144 Å². The standard InChI is InChI=1S/C34H40O20/c1-12-23(41)26(44)28(46)32(50-12)54-31-27(45)24(42)19(11-49-21(40)10-34(2,47)9-20(38)39)52-33(31)53-30-25(43)22-16(37)7-14(35)8-18(22)51-29(30)13-4-5-15(36)17(6-13)48-3/h4-8,12,19,23-24,26-28,31-33,35-37,41-42,44-47H,9-11H2,1-3H3,(H,38,39)/t12-,19+,23-,24+,26-,27-,28+,31+,32-,33-,34-/m0/s1. The second-order valence-corrected chi connectivity index (χ2v) is 13.2. The fourth-order valence-corrected chi connectivity index (χ4v) is 5.99. The van der Waals surface area contributed by atoms with Gasteiger partial charge in [0.1, 0.15) is 65.7 Å². The maximum absolute atomic E-state index is 14.1. The molecule has 0 unspecified atom stereocenters. The number of hydrogen-bond acceptors (Lipinski definition) is 19. The van der Waals surface area contributed by atoms with Crippen LogP contribution in [0, 0.1) is 0 Å². The molecule has 0 spiro atoms. The van der Waals surface area contributed by atoms with Gasteiger partial charge in [0, 0.05) is 17.7 Å². The van der Waals surface area contributed by atoms with Crippen molar-refractivity contribution in [1.82, 2.24) is 0 Å². The molecule has 0 amide bonds. The van der Waals surface area contributed by atoms with Gasteiger partial charge in [-0.15, -0.1) is 0 Å². The lowest BCUT2D eigenvalue weighted by Crippen LogP contribution is -2.64. The number of aliphatic hydroxyl groups is 6. The van der Waals surface area contributed by atoms with E-state index in [2.05, 4.69) is 0 Å². The highest BCUT2D eigenvalue weighted by Crippen LogP contribution is 2.40. The Kier molecular flexibility index (Phi) is 11.9. The largest absolute Gasteiger partial charge is 0.508 e. The number of ether oxygens (including phenoxy) is 6. The van der Waals surface area contributed by atoms with E-state index >= 15 is 0 Å². The average Bonchev–Trinajstić information content (AvgIpc) is 3.08. The summed E-state index contributed by atoms with van der Waals surface area (Å²) in [6.07, 6.45) is -19.5. The first kappa shape index (κ1) is 40.4. The summed E-state index contributed by atoms with van der Waals surface area (Å²) < 4.78 is 39.3. The Hall–Kier alpha value is -4.77. The first-order chi connectivity index (χ1) is 25.3. The molecule has 0 bridgehead atoms. The number of carboxylic acid groups (broad SMARTS) is 1. The third-order valence-corrected chi connectivity index (χ3v) is 8.80. The van der Waals surface area contributed by atoms with Gasteiger partial charge >= 0.3 is 11.9 Å². The third kappa shape index (κ3) is 8.46. The zero-order valence-electron chi connectivity index (χ0n) is 28.8. The van der Waals surface area contributed by atoms with E-state index in [1.54, 1.807) is 0 Å². The van der Waals surface area contributed by atoms with E-state index in [0.29, 0.717) is 0 Å². The number of carboxylic acids is 1. The second-order valence-electron chi connectivity index (χ2n) is 13.2. The molecule has 11 atom stereocenters. The van der Waals surface area contributed by atoms with Gasteiger partial charge in [-0.2, -0.15) is 0 Å². The molecule has 3 heterocycles. The van der Waals surface area contributed by atoms with Gasteiger partial charge in [0.15, 0.2) is 29.7 Å². The topological polar surface area (TPSA) is 322 Å². The first-order valence-electron chi connectivity index (χ1n) is 16.3. The van der Waals surface area contributed by atoms with Gasteiger partial charge in [-0.25, -0.2) is 0 Å². The lowest BCUT2D eigenvalue weighted by molar-refractivity contribution is -0.354. The van der Waals surface area contributed by atoms with Crippen LogP contribution in [-0.2, 0) is 28.5 Å². The van der Waals surface area contributed by atoms with Crippen LogP contribution in [0.25, 0.3) is 22.3 Å². The van der Waals surface area contributed by atoms with Crippen LogP contribution in [0.3, 0.4) is 0 Å². The number of carbonyl (C=O) groups is 2. The number of aliphatic hydroxyl groups excluding tert-OH is 5. The molecule has 20 heteroatoms. The van der Waals surface area contributed by atoms with Crippen LogP contribution in [0.15, 0.2) is 39.5 Å². The molecular formula is C34H40O20. The fourth-order valence-electron chi connectivity index (χ4n) is 5.99. The first-order valence-corrected chi connectivity index (χ1v) is 16.3. The van der Waals surface area contributed by atoms with Crippen molar-refractivity contribution in [2.45, 2.75) is 93.7 Å². The Labute approximate surface area is 304 Å². The Balaban J connectivity index is 1.57. The van der Waals surface area contributed by atoms with Crippen molar-refractivity contribution >= 4 is 22.9 Å². The summed E-state index contributed by atoms with van der Waals surface area (Å²) in [4.78, 5) is 37.7. The highest BCUT2D eigenvalue weighted by atomic mass is 16.8. The van der Waals surface area contributed by atoms with E-state index in [1.165, 1.54) is 32.2 Å². The number of aliphatic carboxylic acids is 1. The summed E-state index contributed by atoms with van der Waals surface area (Å²) in [6.45, 7) is 1.58. The predicted molar refractivity (Wildman–Crippen MR) is 176 cm³/mol. The van der Waals surface area contributed by atoms with Gasteiger partial charge in [0.2, 0.25) is 17.5 Å². The van der Waals surface area contributed by atoms with Crippen LogP contribution in [0.5, 0.6) is 28.7 Å². The fraction of sp³-hybridized carbons (Fsp3) is 0.500. The van der Waals surface area contributed by atoms with Crippen LogP contribution in [0.2, 0.25) is 0 Å². The van der Waals surface area contributed by atoms with Crippen molar-refractivity contribution < 1.29 is 93.5 Å². The Morgan fingerprint density at radius 2 is 1.57 bits per heavy atom. The lowest BCUT2D eigenvalue weighted by Gasteiger charge is -2.45. The predicted octanol–water partition coefficient (Wildman–Crippen LogP) is -1.22. The summed E-state index contributed by atoms with van der Waals surface area (Å²) in [6, 6.07) is 5.58. The van der Waals surface area contributed by atoms with Crippen molar-refractivity contribution in [1.29, 1.82) is 0 Å². The van der Waals surface area contributed by atoms with E-state index < -0.39 is 132 Å². The van der Waals surface area contributed by atoms with Crippen molar-refractivity contribution in [3.63, 3.8) is 0 Å². The molecule has 2 aliphatic heterocycles. The summed E-state index contributed by atoms with van der Waals surface area (Å²) >= 11 is 0. The minimum Gasteiger partial charge on any atom is -0.508 e. The third-order valence-electron chi connectivity index (χ3n) is 8.80. The summed E-state index contributed by atoms with van der Waals surface area (Å²) in [5, 5.41) is 103. The monoisotopic (exact) mass is 768 g/mol. The molecular weight excluding hydrogens is 728 g/mol. The SMILES string of the molecule is COc1cc(-c2oc3cc(O)cc(O)c3c(=O)c2O[C@@H]2O[C@H](COC(=O)C[C@@](C)(O)CC(=O)O)[C@@H](O)[C@H](O)[C@H]2O[C@@H]2O[C@@H](C)[C@H](O)[C@H](O)[C@H]2O)ccc1O. The van der Waals surface area contributed by atoms with Crippen molar-refractivity contribution in [3.05, 3.63) is 40.6 Å². The number of benzene rings is 2. The van der Waals surface area contributed by atoms with Crippen molar-refractivity contribution in [2.24, 2.45) is 0 Å². The van der Waals surface area contributed by atoms with Crippen LogP contribution < -0.4 is 14.9 Å². The molecule has 2 aliphatic rings. The van der Waals surface area contributed by atoms with E-state index in [0.717, 1.165) is 19.1 Å². The molecule has 1 aromatic heterocycles. The number of rotatable bonds is 12. The minimum absolute atomic E-state index is 0.0196. The molecule has 2 aromatic carbocycles. The molecule has 2 fully saturated rings. The number of esters is 1. The molecule has 0 aliphatic carbocycles. The maximum atomic E-state index is 14.1. The molecule has 3 aromatic rings. The van der Waals surface area contributed by atoms with Gasteiger partial charge in [0.25, 0.3) is 0 Å². The molecule has 0 saturated carbocycles. The van der Waals surface area contributed by atoms with Crippen LogP contribution in [0.4, 0.5) is 0 Å². The van der Waals surface area contributed by atoms with Gasteiger partial charge in [-0.05, 0) is 32.0 Å². The number of aromatic hydroxyl groups is 3. The Bertz CT molecular complexity index is 1910. The molecule has 5 rings (SSSR count). The number of carbonyl (C=O) groups excluding carboxylic acids is 1. The van der Waals surface area contributed by atoms with Gasteiger partial charge in [-0.1, -0.05) is 0 Å². The molecule has 10 N–H and O–H groups in total. The average molecular weight is 769 g/mol. The molecule has 54 heavy (non-hydrogen) atoms. The van der Waals surface area contributed by atoms with Crippen molar-refractivity contribution in [3.8, 4) is 40.1 Å². The highest BCUT2D eigenvalue weighted by molar-refractivity contribution is 5.88. The van der Waals surface area contributed by atoms with Gasteiger partial charge in [-0.3, -0.25) is 14.4 Å². The maximum Gasteiger partial charge on any atom is 0.308 e. The van der Waals surface area contributed by atoms with E-state index in [9.17, 15) is 60.3 Å². The zero-order chi connectivity index (χ0) is 39.8. The van der Waals surface area contributed by atoms with E-state index in [4.69, 9.17) is 37.9 Å². The number of methoxy groups -OCH3 is 1. The second kappa shape index (κ2) is 15.9. The number of fused-ring (bicyclic) bond motifs is 1. The smallest absolute Gasteiger partial charge is 0.308 e. The number of phenolic OH excluding ortho intramolecular Hbond substituents is 3. The molecule has 0 radical (unpaired) electrons. The summed E-state index contributed by atoms with van der Waals surface area (Å²) in [7, 11) is 1.24. The zero-order valence-corrected chi connectivity index (χ0v) is 28.8. The Morgan fingerprint density at radius 1 is 0.870 bits per heavy atom. The quantitative estimate of drug-likeness (QED) is 0.0966. The number of phenols is 3. The summed E-state index contributed by atoms with van der Waals surface area (Å²) in [5.74, 6) is -5.30. The summed E-state index contributed by atoms with van der Waals surface area (Å²) in [5.41, 5.74) is -3.41. The Morgan fingerprint density at radius 3 is 2.24 bits per heavy atom. The van der Waals surface area contributed by atoms with Crippen LogP contribution >= 0.6 is 0 Å². The lowest BCUT2D eigenvalue weighted by atomic mass is 9.97.